The number of halogens is 1. The first-order valence-corrected chi connectivity index (χ1v) is 11.8. The van der Waals surface area contributed by atoms with Crippen LogP contribution in [0.25, 0.3) is 11.3 Å². The van der Waals surface area contributed by atoms with Crippen LogP contribution in [0.2, 0.25) is 0 Å². The molecular weight excluding hydrogens is 449 g/mol. The van der Waals surface area contributed by atoms with Crippen molar-refractivity contribution in [1.82, 2.24) is 10.1 Å². The topological polar surface area (TPSA) is 71.2 Å². The number of aromatic nitrogens is 1. The van der Waals surface area contributed by atoms with Crippen LogP contribution in [0.4, 0.5) is 10.3 Å². The Labute approximate surface area is 205 Å². The first-order chi connectivity index (χ1) is 17.1. The monoisotopic (exact) mass is 481 g/mol. The van der Waals surface area contributed by atoms with Crippen LogP contribution in [0.5, 0.6) is 0 Å². The Morgan fingerprint density at radius 2 is 1.86 bits per heavy atom. The Hall–Kier alpha value is -3.04. The zero-order chi connectivity index (χ0) is 24.5. The molecule has 0 bridgehead atoms. The van der Waals surface area contributed by atoms with E-state index in [1.165, 1.54) is 12.1 Å². The number of rotatable bonds is 12. The molecule has 0 saturated carbocycles. The average molecular weight is 482 g/mol. The maximum absolute atomic E-state index is 13.5. The van der Waals surface area contributed by atoms with Gasteiger partial charge in [-0.3, -0.25) is 4.90 Å². The molecule has 0 radical (unpaired) electrons. The summed E-state index contributed by atoms with van der Waals surface area (Å²) in [6.45, 7) is 8.25. The molecule has 0 aliphatic carbocycles. The Morgan fingerprint density at radius 1 is 1.11 bits per heavy atom. The van der Waals surface area contributed by atoms with Gasteiger partial charge in [0, 0.05) is 38.3 Å². The third kappa shape index (κ3) is 6.99. The Morgan fingerprint density at radius 3 is 2.57 bits per heavy atom. The van der Waals surface area contributed by atoms with E-state index in [1.807, 2.05) is 30.3 Å². The summed E-state index contributed by atoms with van der Waals surface area (Å²) in [7, 11) is 0. The van der Waals surface area contributed by atoms with Crippen molar-refractivity contribution in [2.75, 3.05) is 51.0 Å². The van der Waals surface area contributed by atoms with Crippen LogP contribution in [0.15, 0.2) is 71.8 Å². The Balaban J connectivity index is 1.63. The number of aliphatic hydroxyl groups is 1. The molecule has 1 saturated heterocycles. The number of benzene rings is 2. The number of morpholine rings is 1. The second-order valence-corrected chi connectivity index (χ2v) is 8.56. The minimum absolute atomic E-state index is 0.192. The van der Waals surface area contributed by atoms with Gasteiger partial charge in [-0.05, 0) is 17.7 Å². The second kappa shape index (κ2) is 12.6. The van der Waals surface area contributed by atoms with E-state index in [0.29, 0.717) is 58.4 Å². The van der Waals surface area contributed by atoms with Gasteiger partial charge in [-0.25, -0.2) is 4.39 Å². The average Bonchev–Trinajstić information content (AvgIpc) is 3.30. The fraction of sp³-hybridized carbons (Fsp3) is 0.370. The summed E-state index contributed by atoms with van der Waals surface area (Å²) in [6, 6.07) is 16.3. The molecule has 1 atom stereocenters. The number of hydrogen-bond donors (Lipinski definition) is 1. The van der Waals surface area contributed by atoms with E-state index in [2.05, 4.69) is 21.5 Å². The van der Waals surface area contributed by atoms with Gasteiger partial charge in [0.15, 0.2) is 0 Å². The molecule has 8 heteroatoms. The van der Waals surface area contributed by atoms with E-state index < -0.39 is 6.10 Å². The van der Waals surface area contributed by atoms with Gasteiger partial charge >= 0.3 is 0 Å². The van der Waals surface area contributed by atoms with Crippen molar-refractivity contribution in [3.63, 3.8) is 0 Å². The van der Waals surface area contributed by atoms with Crippen molar-refractivity contribution in [3.8, 4) is 11.3 Å². The van der Waals surface area contributed by atoms with Gasteiger partial charge in [0.05, 0.1) is 38.1 Å². The molecule has 4 rings (SSSR count). The molecule has 1 N–H and O–H groups in total. The molecule has 3 aromatic rings. The summed E-state index contributed by atoms with van der Waals surface area (Å²) in [5.74, 6) is 0.437. The van der Waals surface area contributed by atoms with E-state index in [-0.39, 0.29) is 12.4 Å². The Bertz CT molecular complexity index is 1050. The van der Waals surface area contributed by atoms with E-state index in [0.717, 1.165) is 22.4 Å². The minimum Gasteiger partial charge on any atom is -0.389 e. The highest BCUT2D eigenvalue weighted by molar-refractivity contribution is 5.68. The molecule has 2 heterocycles. The minimum atomic E-state index is -0.706. The van der Waals surface area contributed by atoms with Crippen molar-refractivity contribution in [3.05, 3.63) is 84.2 Å². The van der Waals surface area contributed by atoms with Gasteiger partial charge in [0.1, 0.15) is 11.5 Å². The summed E-state index contributed by atoms with van der Waals surface area (Å²) >= 11 is 0. The highest BCUT2D eigenvalue weighted by Crippen LogP contribution is 2.33. The molecule has 1 aromatic heterocycles. The van der Waals surface area contributed by atoms with Crippen molar-refractivity contribution >= 4 is 5.88 Å². The lowest BCUT2D eigenvalue weighted by Crippen LogP contribution is -2.38. The van der Waals surface area contributed by atoms with Crippen LogP contribution < -0.4 is 4.90 Å². The predicted molar refractivity (Wildman–Crippen MR) is 133 cm³/mol. The molecule has 1 fully saturated rings. The third-order valence-corrected chi connectivity index (χ3v) is 5.83. The first-order valence-electron chi connectivity index (χ1n) is 11.8. The highest BCUT2D eigenvalue weighted by atomic mass is 19.1. The van der Waals surface area contributed by atoms with E-state index in [4.69, 9.17) is 14.0 Å². The number of hydrogen-bond acceptors (Lipinski definition) is 7. The van der Waals surface area contributed by atoms with Crippen molar-refractivity contribution in [1.29, 1.82) is 0 Å². The Kier molecular flexibility index (Phi) is 9.02. The van der Waals surface area contributed by atoms with Crippen LogP contribution in [0, 0.1) is 5.82 Å². The predicted octanol–water partition coefficient (Wildman–Crippen LogP) is 3.88. The van der Waals surface area contributed by atoms with Crippen molar-refractivity contribution in [2.24, 2.45) is 0 Å². The third-order valence-electron chi connectivity index (χ3n) is 5.83. The molecule has 0 unspecified atom stereocenters. The van der Waals surface area contributed by atoms with E-state index in [9.17, 15) is 9.50 Å². The maximum Gasteiger partial charge on any atom is 0.232 e. The summed E-state index contributed by atoms with van der Waals surface area (Å²) in [5.41, 5.74) is 3.62. The number of nitrogens with zero attached hydrogens (tertiary/aromatic N) is 3. The van der Waals surface area contributed by atoms with Gasteiger partial charge in [-0.2, -0.15) is 0 Å². The van der Waals surface area contributed by atoms with Crippen molar-refractivity contribution < 1.29 is 23.5 Å². The van der Waals surface area contributed by atoms with Crippen LogP contribution >= 0.6 is 0 Å². The number of anilines is 1. The molecular formula is C27H32FN3O4. The van der Waals surface area contributed by atoms with Gasteiger partial charge in [-0.1, -0.05) is 53.7 Å². The standard InChI is InChI=1S/C27H32FN3O4/c1-2-14-34-20-24(32)18-30(17-21-8-10-23(28)11-9-21)19-25-26(22-6-4-3-5-7-22)29-35-27(25)31-12-15-33-16-13-31/h2-11,24,32H,1,12-20H2/t24-/m1/s1. The molecule has 0 spiro atoms. The molecule has 0 amide bonds. The SMILES string of the molecule is C=CCOC[C@H](O)CN(Cc1ccc(F)cc1)Cc1c(-c2ccccc2)noc1N1CCOCC1. The zero-order valence-corrected chi connectivity index (χ0v) is 19.8. The van der Waals surface area contributed by atoms with Crippen LogP contribution in [0.1, 0.15) is 11.1 Å². The van der Waals surface area contributed by atoms with Gasteiger partial charge < -0.3 is 24.0 Å². The van der Waals surface area contributed by atoms with E-state index >= 15 is 0 Å². The lowest BCUT2D eigenvalue weighted by molar-refractivity contribution is 0.0228. The molecule has 1 aliphatic rings. The quantitative estimate of drug-likeness (QED) is 0.311. The summed E-state index contributed by atoms with van der Waals surface area (Å²) in [4.78, 5) is 4.26. The van der Waals surface area contributed by atoms with Crippen LogP contribution in [-0.4, -0.2) is 67.3 Å². The maximum atomic E-state index is 13.5. The fourth-order valence-electron chi connectivity index (χ4n) is 4.18. The summed E-state index contributed by atoms with van der Waals surface area (Å²) in [6.07, 6.45) is 0.947. The van der Waals surface area contributed by atoms with Gasteiger partial charge in [-0.15, -0.1) is 6.58 Å². The molecule has 35 heavy (non-hydrogen) atoms. The second-order valence-electron chi connectivity index (χ2n) is 8.56. The first kappa shape index (κ1) is 25.1. The molecule has 2 aromatic carbocycles. The zero-order valence-electron chi connectivity index (χ0n) is 19.8. The molecule has 186 valence electrons. The van der Waals surface area contributed by atoms with Gasteiger partial charge in [0.25, 0.3) is 0 Å². The van der Waals surface area contributed by atoms with E-state index in [1.54, 1.807) is 18.2 Å². The lowest BCUT2D eigenvalue weighted by Gasteiger charge is -2.29. The van der Waals surface area contributed by atoms with Gasteiger partial charge in [0.2, 0.25) is 5.88 Å². The molecule has 1 aliphatic heterocycles. The van der Waals surface area contributed by atoms with Crippen LogP contribution in [0.3, 0.4) is 0 Å². The smallest absolute Gasteiger partial charge is 0.232 e. The largest absolute Gasteiger partial charge is 0.389 e. The lowest BCUT2D eigenvalue weighted by atomic mass is 10.1. The molecule has 7 nitrogen and oxygen atoms in total. The van der Waals surface area contributed by atoms with Crippen LogP contribution in [-0.2, 0) is 22.6 Å². The normalized spacial score (nSPS) is 14.9. The highest BCUT2D eigenvalue weighted by Gasteiger charge is 2.26. The number of ether oxygens (including phenoxy) is 2. The summed E-state index contributed by atoms with van der Waals surface area (Å²) < 4.78 is 30.4. The fourth-order valence-corrected chi connectivity index (χ4v) is 4.18. The van der Waals surface area contributed by atoms with Crippen molar-refractivity contribution in [2.45, 2.75) is 19.2 Å². The summed E-state index contributed by atoms with van der Waals surface area (Å²) in [5, 5.41) is 15.1. The number of aliphatic hydroxyl groups excluding tert-OH is 1.